The van der Waals surface area contributed by atoms with Gasteiger partial charge in [-0.3, -0.25) is 9.78 Å². The molecule has 0 aliphatic heterocycles. The summed E-state index contributed by atoms with van der Waals surface area (Å²) in [6.07, 6.45) is 3.42. The second-order valence-electron chi connectivity index (χ2n) is 7.15. The number of aryl methyl sites for hydroxylation is 1. The molecule has 0 aliphatic carbocycles. The first-order valence-corrected chi connectivity index (χ1v) is 9.79. The van der Waals surface area contributed by atoms with Gasteiger partial charge in [0.25, 0.3) is 5.91 Å². The summed E-state index contributed by atoms with van der Waals surface area (Å²) in [5.41, 5.74) is 5.51. The van der Waals surface area contributed by atoms with E-state index in [1.807, 2.05) is 73.7 Å². The highest BCUT2D eigenvalue weighted by Gasteiger charge is 2.12. The summed E-state index contributed by atoms with van der Waals surface area (Å²) in [7, 11) is 0. The molecule has 0 radical (unpaired) electrons. The second-order valence-corrected chi connectivity index (χ2v) is 7.15. The minimum absolute atomic E-state index is 0.150. The lowest BCUT2D eigenvalue weighted by molar-refractivity contribution is 0.102. The zero-order valence-electron chi connectivity index (χ0n) is 16.7. The number of fused-ring (bicyclic) bond motifs is 1. The van der Waals surface area contributed by atoms with Crippen LogP contribution in [0.1, 0.15) is 15.9 Å². The number of carbonyl (C=O) groups is 1. The minimum Gasteiger partial charge on any atom is -0.322 e. The predicted molar refractivity (Wildman–Crippen MR) is 119 cm³/mol. The number of benzene rings is 2. The lowest BCUT2D eigenvalue weighted by Gasteiger charge is -2.08. The number of hydrogen-bond donors (Lipinski definition) is 1. The van der Waals surface area contributed by atoms with Crippen molar-refractivity contribution in [1.82, 2.24) is 24.8 Å². The Morgan fingerprint density at radius 2 is 1.71 bits per heavy atom. The van der Waals surface area contributed by atoms with Crippen LogP contribution >= 0.6 is 0 Å². The zero-order chi connectivity index (χ0) is 21.2. The normalized spacial score (nSPS) is 10.9. The van der Waals surface area contributed by atoms with Crippen molar-refractivity contribution in [3.8, 4) is 22.6 Å². The first-order chi connectivity index (χ1) is 15.2. The third kappa shape index (κ3) is 3.76. The standard InChI is InChI=1S/C24H18N6O/c1-16-4-2-6-19(14-16)24(31)26-20-7-3-5-18(15-20)21-8-9-22-27-28-23(30(22)29-21)17-10-12-25-13-11-17/h2-15H,1H3,(H,26,31). The average Bonchev–Trinajstić information content (AvgIpc) is 3.23. The van der Waals surface area contributed by atoms with Gasteiger partial charge < -0.3 is 5.32 Å². The van der Waals surface area contributed by atoms with Gasteiger partial charge in [-0.1, -0.05) is 29.8 Å². The van der Waals surface area contributed by atoms with Crippen LogP contribution in [0.5, 0.6) is 0 Å². The molecule has 0 atom stereocenters. The Morgan fingerprint density at radius 1 is 0.871 bits per heavy atom. The maximum Gasteiger partial charge on any atom is 0.255 e. The van der Waals surface area contributed by atoms with Gasteiger partial charge in [0.1, 0.15) is 0 Å². The van der Waals surface area contributed by atoms with Crippen LogP contribution in [-0.2, 0) is 0 Å². The van der Waals surface area contributed by atoms with Gasteiger partial charge >= 0.3 is 0 Å². The Morgan fingerprint density at radius 3 is 2.55 bits per heavy atom. The summed E-state index contributed by atoms with van der Waals surface area (Å²) < 4.78 is 1.71. The summed E-state index contributed by atoms with van der Waals surface area (Å²) >= 11 is 0. The molecule has 7 nitrogen and oxygen atoms in total. The van der Waals surface area contributed by atoms with Crippen molar-refractivity contribution in [2.24, 2.45) is 0 Å². The number of aromatic nitrogens is 5. The SMILES string of the molecule is Cc1cccc(C(=O)Nc2cccc(-c3ccc4nnc(-c5ccncc5)n4n3)c2)c1. The third-order valence-corrected chi connectivity index (χ3v) is 4.90. The number of anilines is 1. The van der Waals surface area contributed by atoms with Gasteiger partial charge in [0.2, 0.25) is 0 Å². The van der Waals surface area contributed by atoms with Gasteiger partial charge in [-0.2, -0.15) is 9.61 Å². The maximum atomic E-state index is 12.6. The van der Waals surface area contributed by atoms with Crippen molar-refractivity contribution in [1.29, 1.82) is 0 Å². The van der Waals surface area contributed by atoms with E-state index in [-0.39, 0.29) is 5.91 Å². The maximum absolute atomic E-state index is 12.6. The molecule has 0 bridgehead atoms. The molecule has 150 valence electrons. The van der Waals surface area contributed by atoms with Crippen molar-refractivity contribution >= 4 is 17.2 Å². The molecule has 3 heterocycles. The first kappa shape index (κ1) is 18.6. The zero-order valence-corrected chi connectivity index (χ0v) is 16.7. The smallest absolute Gasteiger partial charge is 0.255 e. The Labute approximate surface area is 178 Å². The molecular formula is C24H18N6O. The van der Waals surface area contributed by atoms with Gasteiger partial charge in [0, 0.05) is 34.8 Å². The quantitative estimate of drug-likeness (QED) is 0.478. The minimum atomic E-state index is -0.150. The lowest BCUT2D eigenvalue weighted by Crippen LogP contribution is -2.12. The van der Waals surface area contributed by atoms with Crippen LogP contribution in [0.4, 0.5) is 5.69 Å². The molecular weight excluding hydrogens is 388 g/mol. The van der Waals surface area contributed by atoms with Crippen molar-refractivity contribution in [3.05, 3.63) is 96.3 Å². The summed E-state index contributed by atoms with van der Waals surface area (Å²) in [4.78, 5) is 16.7. The van der Waals surface area contributed by atoms with Crippen molar-refractivity contribution in [2.75, 3.05) is 5.32 Å². The molecule has 1 N–H and O–H groups in total. The fourth-order valence-corrected chi connectivity index (χ4v) is 3.37. The number of pyridine rings is 1. The summed E-state index contributed by atoms with van der Waals surface area (Å²) in [6, 6.07) is 22.6. The van der Waals surface area contributed by atoms with Gasteiger partial charge in [0.05, 0.1) is 5.69 Å². The molecule has 7 heteroatoms. The molecule has 0 aliphatic rings. The van der Waals surface area contributed by atoms with Crippen LogP contribution in [0.3, 0.4) is 0 Å². The molecule has 0 saturated heterocycles. The number of carbonyl (C=O) groups excluding carboxylic acids is 1. The van der Waals surface area contributed by atoms with E-state index in [1.54, 1.807) is 23.0 Å². The van der Waals surface area contributed by atoms with E-state index in [9.17, 15) is 4.79 Å². The fourth-order valence-electron chi connectivity index (χ4n) is 3.37. The molecule has 0 spiro atoms. The van der Waals surface area contributed by atoms with Gasteiger partial charge in [-0.05, 0) is 55.5 Å². The average molecular weight is 406 g/mol. The highest BCUT2D eigenvalue weighted by Crippen LogP contribution is 2.23. The Kier molecular flexibility index (Phi) is 4.68. The number of amides is 1. The molecule has 5 rings (SSSR count). The summed E-state index contributed by atoms with van der Waals surface area (Å²) in [5.74, 6) is 0.492. The van der Waals surface area contributed by atoms with E-state index in [2.05, 4.69) is 20.5 Å². The Bertz CT molecular complexity index is 1390. The van der Waals surface area contributed by atoms with Crippen LogP contribution < -0.4 is 5.32 Å². The van der Waals surface area contributed by atoms with Crippen LogP contribution in [0.2, 0.25) is 0 Å². The highest BCUT2D eigenvalue weighted by molar-refractivity contribution is 6.04. The number of rotatable bonds is 4. The molecule has 1 amide bonds. The lowest BCUT2D eigenvalue weighted by atomic mass is 10.1. The molecule has 5 aromatic rings. The van der Waals surface area contributed by atoms with Gasteiger partial charge in [-0.25, -0.2) is 0 Å². The van der Waals surface area contributed by atoms with Gasteiger partial charge in [0.15, 0.2) is 11.5 Å². The second kappa shape index (κ2) is 7.79. The highest BCUT2D eigenvalue weighted by atomic mass is 16.1. The Balaban J connectivity index is 1.47. The van der Waals surface area contributed by atoms with E-state index >= 15 is 0 Å². The number of nitrogens with one attached hydrogen (secondary N) is 1. The molecule has 0 fully saturated rings. The van der Waals surface area contributed by atoms with E-state index in [4.69, 9.17) is 5.10 Å². The monoisotopic (exact) mass is 406 g/mol. The van der Waals surface area contributed by atoms with Gasteiger partial charge in [-0.15, -0.1) is 10.2 Å². The molecule has 31 heavy (non-hydrogen) atoms. The van der Waals surface area contributed by atoms with Crippen LogP contribution in [-0.4, -0.2) is 30.7 Å². The molecule has 2 aromatic carbocycles. The topological polar surface area (TPSA) is 85.1 Å². The van der Waals surface area contributed by atoms with E-state index in [0.717, 1.165) is 22.4 Å². The molecule has 0 unspecified atom stereocenters. The van der Waals surface area contributed by atoms with E-state index in [1.165, 1.54) is 0 Å². The third-order valence-electron chi connectivity index (χ3n) is 4.90. The van der Waals surface area contributed by atoms with Crippen molar-refractivity contribution in [3.63, 3.8) is 0 Å². The summed E-state index contributed by atoms with van der Waals surface area (Å²) in [5, 5.41) is 16.2. The van der Waals surface area contributed by atoms with E-state index in [0.29, 0.717) is 22.7 Å². The van der Waals surface area contributed by atoms with Crippen molar-refractivity contribution in [2.45, 2.75) is 6.92 Å². The van der Waals surface area contributed by atoms with E-state index < -0.39 is 0 Å². The van der Waals surface area contributed by atoms with Crippen LogP contribution in [0.25, 0.3) is 28.3 Å². The Hall–Kier alpha value is -4.39. The van der Waals surface area contributed by atoms with Crippen molar-refractivity contribution < 1.29 is 4.79 Å². The summed E-state index contributed by atoms with van der Waals surface area (Å²) in [6.45, 7) is 1.96. The van der Waals surface area contributed by atoms with Crippen LogP contribution in [0, 0.1) is 6.92 Å². The number of hydrogen-bond acceptors (Lipinski definition) is 5. The predicted octanol–water partition coefficient (Wildman–Crippen LogP) is 4.41. The largest absolute Gasteiger partial charge is 0.322 e. The molecule has 3 aromatic heterocycles. The van der Waals surface area contributed by atoms with Crippen LogP contribution in [0.15, 0.2) is 85.2 Å². The fraction of sp³-hybridized carbons (Fsp3) is 0.0417. The molecule has 0 saturated carbocycles. The number of nitrogens with zero attached hydrogens (tertiary/aromatic N) is 5. The first-order valence-electron chi connectivity index (χ1n) is 9.79.